The van der Waals surface area contributed by atoms with E-state index in [1.54, 1.807) is 6.92 Å². The molecule has 1 rings (SSSR count). The van der Waals surface area contributed by atoms with E-state index >= 15 is 0 Å². The van der Waals surface area contributed by atoms with Crippen molar-refractivity contribution in [1.82, 2.24) is 4.98 Å². The molecule has 1 aromatic rings. The Morgan fingerprint density at radius 2 is 2.20 bits per heavy atom. The van der Waals surface area contributed by atoms with Gasteiger partial charge in [-0.3, -0.25) is 14.2 Å². The van der Waals surface area contributed by atoms with Crippen LogP contribution in [0.5, 0.6) is 5.75 Å². The van der Waals surface area contributed by atoms with Crippen LogP contribution in [0.15, 0.2) is 11.2 Å². The summed E-state index contributed by atoms with van der Waals surface area (Å²) in [6.45, 7) is 0.795. The molecule has 10 heteroatoms. The van der Waals surface area contributed by atoms with Crippen LogP contribution < -0.4 is 29.6 Å². The molecule has 0 spiro atoms. The van der Waals surface area contributed by atoms with Crippen LogP contribution in [0.2, 0.25) is 0 Å². The van der Waals surface area contributed by atoms with Crippen molar-refractivity contribution in [1.29, 1.82) is 0 Å². The smallest absolute Gasteiger partial charge is 0.726 e. The van der Waals surface area contributed by atoms with E-state index in [-0.39, 0.29) is 55.1 Å². The summed E-state index contributed by atoms with van der Waals surface area (Å²) in [7, 11) is -4.72. The maximum absolute atomic E-state index is 10.2. The Bertz CT molecular complexity index is 575. The van der Waals surface area contributed by atoms with Crippen LogP contribution in [-0.4, -0.2) is 47.5 Å². The fraction of sp³-hybridized carbons (Fsp3) is 0.400. The predicted octanol–water partition coefficient (Wildman–Crippen LogP) is -3.51. The molecule has 1 aromatic heterocycles. The number of aliphatic hydroxyl groups is 1. The van der Waals surface area contributed by atoms with Crippen LogP contribution in [0.1, 0.15) is 16.8 Å². The van der Waals surface area contributed by atoms with Gasteiger partial charge in [0.1, 0.15) is 5.75 Å². The van der Waals surface area contributed by atoms with Crippen molar-refractivity contribution in [3.63, 3.8) is 0 Å². The Balaban J connectivity index is 0.00000361. The topological polar surface area (TPSA) is 132 Å². The SMILES string of the molecule is Cc1ncc(CO)c(C=NCCOS(=O)(=O)[O-])c1O.[Na+]. The first-order chi connectivity index (χ1) is 8.85. The van der Waals surface area contributed by atoms with E-state index in [2.05, 4.69) is 14.2 Å². The molecule has 106 valence electrons. The molecule has 0 unspecified atom stereocenters. The Morgan fingerprint density at radius 3 is 2.75 bits per heavy atom. The first-order valence-corrected chi connectivity index (χ1v) is 6.57. The Hall–Kier alpha value is -0.550. The molecule has 0 aromatic carbocycles. The van der Waals surface area contributed by atoms with E-state index in [4.69, 9.17) is 5.11 Å². The number of aromatic hydroxyl groups is 1. The molecular weight excluding hydrogens is 299 g/mol. The minimum Gasteiger partial charge on any atom is -0.726 e. The van der Waals surface area contributed by atoms with Gasteiger partial charge in [0.05, 0.1) is 25.5 Å². The number of aliphatic imine (C=N–C) groups is 1. The van der Waals surface area contributed by atoms with Crippen LogP contribution in [0, 0.1) is 6.92 Å². The summed E-state index contributed by atoms with van der Waals surface area (Å²) in [6, 6.07) is 0. The van der Waals surface area contributed by atoms with Crippen LogP contribution in [-0.2, 0) is 21.2 Å². The second-order valence-corrected chi connectivity index (χ2v) is 4.61. The monoisotopic (exact) mass is 312 g/mol. The Labute approximate surface area is 138 Å². The predicted molar refractivity (Wildman–Crippen MR) is 64.7 cm³/mol. The van der Waals surface area contributed by atoms with E-state index in [1.165, 1.54) is 12.4 Å². The van der Waals surface area contributed by atoms with E-state index in [0.717, 1.165) is 0 Å². The normalized spacial score (nSPS) is 11.6. The Morgan fingerprint density at radius 1 is 1.55 bits per heavy atom. The van der Waals surface area contributed by atoms with Crippen molar-refractivity contribution in [2.75, 3.05) is 13.2 Å². The molecule has 0 aliphatic rings. The molecule has 0 fully saturated rings. The van der Waals surface area contributed by atoms with Crippen molar-refractivity contribution in [2.24, 2.45) is 4.99 Å². The van der Waals surface area contributed by atoms with Gasteiger partial charge < -0.3 is 14.8 Å². The summed E-state index contributed by atoms with van der Waals surface area (Å²) in [5.41, 5.74) is 1.04. The molecule has 0 bridgehead atoms. The number of aromatic nitrogens is 1. The number of hydrogen-bond donors (Lipinski definition) is 2. The molecule has 2 N–H and O–H groups in total. The minimum atomic E-state index is -4.72. The van der Waals surface area contributed by atoms with Gasteiger partial charge >= 0.3 is 29.6 Å². The average molecular weight is 312 g/mol. The zero-order valence-corrected chi connectivity index (χ0v) is 13.9. The fourth-order valence-electron chi connectivity index (χ4n) is 1.27. The number of aliphatic hydroxyl groups excluding tert-OH is 1. The van der Waals surface area contributed by atoms with Gasteiger partial charge in [0, 0.05) is 23.5 Å². The maximum Gasteiger partial charge on any atom is 1.00 e. The van der Waals surface area contributed by atoms with E-state index in [1.807, 2.05) is 0 Å². The summed E-state index contributed by atoms with van der Waals surface area (Å²) >= 11 is 0. The van der Waals surface area contributed by atoms with Crippen LogP contribution in [0.3, 0.4) is 0 Å². The van der Waals surface area contributed by atoms with Gasteiger partial charge in [0.15, 0.2) is 0 Å². The number of pyridine rings is 1. The molecular formula is C10H13N2NaO6S. The summed E-state index contributed by atoms with van der Waals surface area (Å²) in [5, 5.41) is 18.8. The first-order valence-electron chi connectivity index (χ1n) is 5.23. The zero-order chi connectivity index (χ0) is 14.5. The fourth-order valence-corrected chi connectivity index (χ4v) is 1.55. The molecule has 8 nitrogen and oxygen atoms in total. The first kappa shape index (κ1) is 19.4. The quantitative estimate of drug-likeness (QED) is 0.183. The van der Waals surface area contributed by atoms with Gasteiger partial charge in [0.2, 0.25) is 10.4 Å². The summed E-state index contributed by atoms with van der Waals surface area (Å²) in [4.78, 5) is 7.67. The van der Waals surface area contributed by atoms with E-state index < -0.39 is 10.4 Å². The number of hydrogen-bond acceptors (Lipinski definition) is 8. The standard InChI is InChI=1S/C10H14N2O6S.Na/c1-7-10(14)9(8(6-13)4-12-7)5-11-2-3-18-19(15,16)17;/h4-5,13-14H,2-3,6H2,1H3,(H,15,16,17);/q;+1/p-1. The van der Waals surface area contributed by atoms with Crippen molar-refractivity contribution in [3.8, 4) is 5.75 Å². The van der Waals surface area contributed by atoms with Crippen molar-refractivity contribution in [2.45, 2.75) is 13.5 Å². The van der Waals surface area contributed by atoms with E-state index in [0.29, 0.717) is 16.8 Å². The zero-order valence-electron chi connectivity index (χ0n) is 11.1. The van der Waals surface area contributed by atoms with Crippen molar-refractivity contribution in [3.05, 3.63) is 23.0 Å². The van der Waals surface area contributed by atoms with Crippen LogP contribution >= 0.6 is 0 Å². The third-order valence-electron chi connectivity index (χ3n) is 2.20. The Kier molecular flexibility index (Phi) is 8.44. The number of aryl methyl sites for hydroxylation is 1. The average Bonchev–Trinajstić information content (AvgIpc) is 2.32. The van der Waals surface area contributed by atoms with Crippen LogP contribution in [0.4, 0.5) is 0 Å². The molecule has 0 amide bonds. The molecule has 0 radical (unpaired) electrons. The van der Waals surface area contributed by atoms with Gasteiger partial charge in [-0.2, -0.15) is 0 Å². The second-order valence-electron chi connectivity index (χ2n) is 3.55. The van der Waals surface area contributed by atoms with E-state index in [9.17, 15) is 18.1 Å². The number of nitrogens with zero attached hydrogens (tertiary/aromatic N) is 2. The van der Waals surface area contributed by atoms with Gasteiger partial charge in [-0.15, -0.1) is 0 Å². The van der Waals surface area contributed by atoms with Gasteiger partial charge in [-0.1, -0.05) is 0 Å². The molecule has 0 aliphatic carbocycles. The molecule has 0 atom stereocenters. The number of rotatable bonds is 6. The molecule has 0 aliphatic heterocycles. The van der Waals surface area contributed by atoms with Gasteiger partial charge in [-0.05, 0) is 6.92 Å². The van der Waals surface area contributed by atoms with Gasteiger partial charge in [-0.25, -0.2) is 8.42 Å². The summed E-state index contributed by atoms with van der Waals surface area (Å²) in [6.07, 6.45) is 2.66. The summed E-state index contributed by atoms with van der Waals surface area (Å²) in [5.74, 6) is -0.118. The summed E-state index contributed by atoms with van der Waals surface area (Å²) < 4.78 is 34.4. The maximum atomic E-state index is 10.2. The largest absolute Gasteiger partial charge is 1.00 e. The third kappa shape index (κ3) is 6.27. The molecule has 0 saturated heterocycles. The minimum absolute atomic E-state index is 0. The van der Waals surface area contributed by atoms with Crippen molar-refractivity contribution < 1.29 is 56.9 Å². The molecule has 20 heavy (non-hydrogen) atoms. The van der Waals surface area contributed by atoms with Crippen molar-refractivity contribution >= 4 is 16.6 Å². The van der Waals surface area contributed by atoms with Crippen LogP contribution in [0.25, 0.3) is 0 Å². The third-order valence-corrected chi connectivity index (χ3v) is 2.65. The van der Waals surface area contributed by atoms with Gasteiger partial charge in [0.25, 0.3) is 0 Å². The second kappa shape index (κ2) is 8.67. The molecule has 1 heterocycles. The molecule has 0 saturated carbocycles.